The van der Waals surface area contributed by atoms with Crippen molar-refractivity contribution in [2.45, 2.75) is 26.1 Å². The molecule has 0 bridgehead atoms. The first kappa shape index (κ1) is 21.2. The Morgan fingerprint density at radius 2 is 1.85 bits per heavy atom. The van der Waals surface area contributed by atoms with Crippen LogP contribution in [0.1, 0.15) is 19.4 Å². The maximum atomic E-state index is 12.4. The third-order valence-electron chi connectivity index (χ3n) is 3.84. The summed E-state index contributed by atoms with van der Waals surface area (Å²) < 4.78 is 31.7. The lowest BCUT2D eigenvalue weighted by molar-refractivity contribution is -0.116. The molecule has 1 aromatic carbocycles. The minimum Gasteiger partial charge on any atom is -0.373 e. The summed E-state index contributed by atoms with van der Waals surface area (Å²) in [5, 5.41) is 3.42. The van der Waals surface area contributed by atoms with Gasteiger partial charge in [-0.15, -0.1) is 0 Å². The largest absolute Gasteiger partial charge is 0.373 e. The van der Waals surface area contributed by atoms with Gasteiger partial charge in [0.15, 0.2) is 0 Å². The molecule has 0 spiro atoms. The highest BCUT2D eigenvalue weighted by atomic mass is 35.5. The summed E-state index contributed by atoms with van der Waals surface area (Å²) in [6.07, 6.45) is 2.48. The molecule has 2 atom stereocenters. The number of nitrogens with zero attached hydrogens (tertiary/aromatic N) is 1. The van der Waals surface area contributed by atoms with Gasteiger partial charge in [0.2, 0.25) is 15.9 Å². The van der Waals surface area contributed by atoms with Crippen molar-refractivity contribution in [2.75, 3.05) is 25.4 Å². The molecule has 1 amide bonds. The molecule has 9 heteroatoms. The number of hydrogen-bond donors (Lipinski definition) is 1. The Morgan fingerprint density at radius 3 is 2.42 bits per heavy atom. The predicted molar refractivity (Wildman–Crippen MR) is 104 cm³/mol. The Balaban J connectivity index is 1.87. The monoisotopic (exact) mass is 420 g/mol. The number of nitrogens with one attached hydrogen (secondary N) is 1. The molecule has 1 aliphatic heterocycles. The van der Waals surface area contributed by atoms with E-state index >= 15 is 0 Å². The van der Waals surface area contributed by atoms with Crippen molar-refractivity contribution in [3.05, 3.63) is 39.9 Å². The van der Waals surface area contributed by atoms with Gasteiger partial charge in [0, 0.05) is 41.3 Å². The molecule has 0 aromatic heterocycles. The standard InChI is InChI=1S/C17H22Cl2N2O4S/c1-12-10-21(11-13(2)25-12)26(23,24)9-8-20-17(22)7-6-14-15(18)4-3-5-16(14)19/h3-7,12-13H,8-11H2,1-2H3,(H,20,22)/b7-6+. The van der Waals surface area contributed by atoms with Gasteiger partial charge in [-0.05, 0) is 32.1 Å². The zero-order valence-electron chi connectivity index (χ0n) is 14.6. The third-order valence-corrected chi connectivity index (χ3v) is 6.30. The van der Waals surface area contributed by atoms with Crippen LogP contribution in [0.15, 0.2) is 24.3 Å². The van der Waals surface area contributed by atoms with Crippen LogP contribution in [0.4, 0.5) is 0 Å². The predicted octanol–water partition coefficient (Wildman–Crippen LogP) is 2.56. The molecule has 1 saturated heterocycles. The van der Waals surface area contributed by atoms with Crippen LogP contribution in [-0.2, 0) is 19.6 Å². The molecule has 0 aliphatic carbocycles. The molecule has 1 N–H and O–H groups in total. The van der Waals surface area contributed by atoms with E-state index in [1.807, 2.05) is 13.8 Å². The molecule has 1 heterocycles. The van der Waals surface area contributed by atoms with Gasteiger partial charge in [0.1, 0.15) is 0 Å². The smallest absolute Gasteiger partial charge is 0.244 e. The van der Waals surface area contributed by atoms with Crippen LogP contribution in [0.3, 0.4) is 0 Å². The quantitative estimate of drug-likeness (QED) is 0.717. The number of benzene rings is 1. The molecule has 2 unspecified atom stereocenters. The number of amides is 1. The van der Waals surface area contributed by atoms with Gasteiger partial charge in [0.25, 0.3) is 0 Å². The number of sulfonamides is 1. The lowest BCUT2D eigenvalue weighted by atomic mass is 10.2. The summed E-state index contributed by atoms with van der Waals surface area (Å²) in [6.45, 7) is 4.34. The normalized spacial score (nSPS) is 21.8. The fourth-order valence-electron chi connectivity index (χ4n) is 2.68. The van der Waals surface area contributed by atoms with E-state index < -0.39 is 15.9 Å². The molecular formula is C17H22Cl2N2O4S. The second-order valence-corrected chi connectivity index (χ2v) is 9.05. The highest BCUT2D eigenvalue weighted by Gasteiger charge is 2.30. The van der Waals surface area contributed by atoms with E-state index in [-0.39, 0.29) is 24.5 Å². The van der Waals surface area contributed by atoms with Crippen molar-refractivity contribution in [1.82, 2.24) is 9.62 Å². The molecule has 144 valence electrons. The van der Waals surface area contributed by atoms with Crippen molar-refractivity contribution >= 4 is 45.2 Å². The second-order valence-electron chi connectivity index (χ2n) is 6.15. The van der Waals surface area contributed by atoms with Crippen LogP contribution >= 0.6 is 23.2 Å². The minimum atomic E-state index is -3.45. The zero-order chi connectivity index (χ0) is 19.3. The van der Waals surface area contributed by atoms with Crippen LogP contribution in [0.25, 0.3) is 6.08 Å². The van der Waals surface area contributed by atoms with Crippen LogP contribution in [-0.4, -0.2) is 56.2 Å². The van der Waals surface area contributed by atoms with E-state index in [0.29, 0.717) is 28.7 Å². The van der Waals surface area contributed by atoms with Crippen molar-refractivity contribution in [1.29, 1.82) is 0 Å². The fourth-order valence-corrected chi connectivity index (χ4v) is 4.69. The molecule has 1 aromatic rings. The van der Waals surface area contributed by atoms with Crippen LogP contribution in [0, 0.1) is 0 Å². The molecule has 1 fully saturated rings. The molecule has 0 saturated carbocycles. The highest BCUT2D eigenvalue weighted by molar-refractivity contribution is 7.89. The van der Waals surface area contributed by atoms with E-state index in [4.69, 9.17) is 27.9 Å². The number of carbonyl (C=O) groups excluding carboxylic acids is 1. The lowest BCUT2D eigenvalue weighted by Gasteiger charge is -2.34. The topological polar surface area (TPSA) is 75.7 Å². The Morgan fingerprint density at radius 1 is 1.27 bits per heavy atom. The van der Waals surface area contributed by atoms with Crippen molar-refractivity contribution in [2.24, 2.45) is 0 Å². The molecule has 2 rings (SSSR count). The summed E-state index contributed by atoms with van der Waals surface area (Å²) in [4.78, 5) is 11.9. The Bertz CT molecular complexity index is 753. The van der Waals surface area contributed by atoms with Crippen LogP contribution in [0.2, 0.25) is 10.0 Å². The first-order valence-corrected chi connectivity index (χ1v) is 10.6. The number of ether oxygens (including phenoxy) is 1. The van der Waals surface area contributed by atoms with Gasteiger partial charge >= 0.3 is 0 Å². The Hall–Kier alpha value is -1.12. The Labute approximate surface area is 164 Å². The van der Waals surface area contributed by atoms with Crippen molar-refractivity contribution < 1.29 is 17.9 Å². The summed E-state index contributed by atoms with van der Waals surface area (Å²) in [5.41, 5.74) is 0.537. The zero-order valence-corrected chi connectivity index (χ0v) is 16.9. The van der Waals surface area contributed by atoms with Gasteiger partial charge in [-0.1, -0.05) is 29.3 Å². The summed E-state index contributed by atoms with van der Waals surface area (Å²) in [5.74, 6) is -0.585. The molecule has 26 heavy (non-hydrogen) atoms. The number of halogens is 2. The van der Waals surface area contributed by atoms with Gasteiger partial charge in [0.05, 0.1) is 18.0 Å². The molecule has 6 nitrogen and oxygen atoms in total. The van der Waals surface area contributed by atoms with E-state index in [2.05, 4.69) is 5.32 Å². The van der Waals surface area contributed by atoms with E-state index in [1.54, 1.807) is 18.2 Å². The molecule has 1 aliphatic rings. The number of carbonyl (C=O) groups is 1. The lowest BCUT2D eigenvalue weighted by Crippen LogP contribution is -2.49. The number of hydrogen-bond acceptors (Lipinski definition) is 4. The van der Waals surface area contributed by atoms with E-state index in [1.165, 1.54) is 16.5 Å². The highest BCUT2D eigenvalue weighted by Crippen LogP contribution is 2.25. The van der Waals surface area contributed by atoms with E-state index in [9.17, 15) is 13.2 Å². The van der Waals surface area contributed by atoms with Crippen LogP contribution < -0.4 is 5.32 Å². The van der Waals surface area contributed by atoms with Gasteiger partial charge in [-0.2, -0.15) is 4.31 Å². The van der Waals surface area contributed by atoms with Crippen LogP contribution in [0.5, 0.6) is 0 Å². The SMILES string of the molecule is CC1CN(S(=O)(=O)CCNC(=O)/C=C/c2c(Cl)cccc2Cl)CC(C)O1. The number of rotatable bonds is 6. The van der Waals surface area contributed by atoms with Gasteiger partial charge in [-0.25, -0.2) is 8.42 Å². The van der Waals surface area contributed by atoms with Crippen molar-refractivity contribution in [3.8, 4) is 0 Å². The average Bonchev–Trinajstić information content (AvgIpc) is 2.53. The molecule has 0 radical (unpaired) electrons. The summed E-state index contributed by atoms with van der Waals surface area (Å²) in [6, 6.07) is 5.05. The average molecular weight is 421 g/mol. The Kier molecular flexibility index (Phi) is 7.49. The van der Waals surface area contributed by atoms with E-state index in [0.717, 1.165) is 0 Å². The first-order valence-electron chi connectivity index (χ1n) is 8.22. The maximum Gasteiger partial charge on any atom is 0.244 e. The third kappa shape index (κ3) is 5.96. The van der Waals surface area contributed by atoms with Gasteiger partial charge in [-0.3, -0.25) is 4.79 Å². The van der Waals surface area contributed by atoms with Gasteiger partial charge < -0.3 is 10.1 Å². The summed E-state index contributed by atoms with van der Waals surface area (Å²) in [7, 11) is -3.45. The minimum absolute atomic E-state index is 0.0158. The first-order chi connectivity index (χ1) is 12.2. The van der Waals surface area contributed by atoms with Crippen molar-refractivity contribution in [3.63, 3.8) is 0 Å². The molecular weight excluding hydrogens is 399 g/mol. The fraction of sp³-hybridized carbons (Fsp3) is 0.471. The number of morpholine rings is 1. The maximum absolute atomic E-state index is 12.4. The second kappa shape index (κ2) is 9.19. The summed E-state index contributed by atoms with van der Waals surface area (Å²) >= 11 is 12.0.